The van der Waals surface area contributed by atoms with Crippen molar-refractivity contribution in [2.45, 2.75) is 57.6 Å². The van der Waals surface area contributed by atoms with E-state index in [0.717, 1.165) is 53.6 Å². The smallest absolute Gasteiger partial charge is 0.220 e. The van der Waals surface area contributed by atoms with Crippen LogP contribution in [0.1, 0.15) is 56.3 Å². The second-order valence-electron chi connectivity index (χ2n) is 8.47. The predicted molar refractivity (Wildman–Crippen MR) is 97.7 cm³/mol. The summed E-state index contributed by atoms with van der Waals surface area (Å²) < 4.78 is 0. The first-order chi connectivity index (χ1) is 11.6. The number of rotatable bonds is 7. The van der Waals surface area contributed by atoms with Crippen molar-refractivity contribution in [2.75, 3.05) is 12.3 Å². The maximum Gasteiger partial charge on any atom is 0.220 e. The largest absolute Gasteiger partial charge is 0.355 e. The van der Waals surface area contributed by atoms with Crippen LogP contribution in [0, 0.1) is 30.1 Å². The van der Waals surface area contributed by atoms with E-state index in [1.807, 2.05) is 11.8 Å². The van der Waals surface area contributed by atoms with E-state index in [0.29, 0.717) is 5.41 Å². The van der Waals surface area contributed by atoms with Crippen LogP contribution in [0.25, 0.3) is 0 Å². The van der Waals surface area contributed by atoms with Crippen molar-refractivity contribution < 1.29 is 4.79 Å². The molecule has 0 spiro atoms. The highest BCUT2D eigenvalue weighted by atomic mass is 32.2. The number of hydrogen-bond donors (Lipinski definition) is 2. The molecule has 24 heavy (non-hydrogen) atoms. The van der Waals surface area contributed by atoms with Crippen molar-refractivity contribution >= 4 is 17.7 Å². The number of hydrogen-bond acceptors (Lipinski definition) is 3. The zero-order valence-electron chi connectivity index (χ0n) is 14.6. The fraction of sp³-hybridized carbons (Fsp3) is 0.789. The standard InChI is InChI=1S/C19H29N3OS/c1-13-17(22-12-21-13)11-24-3-2-20-18(23)10-19-7-14-4-15(8-19)6-16(5-14)9-19/h12,14-16H,2-11H2,1H3,(H,20,23)(H,21,22). The summed E-state index contributed by atoms with van der Waals surface area (Å²) in [4.78, 5) is 19.8. The highest BCUT2D eigenvalue weighted by molar-refractivity contribution is 7.98. The van der Waals surface area contributed by atoms with Gasteiger partial charge in [-0.25, -0.2) is 4.98 Å². The summed E-state index contributed by atoms with van der Waals surface area (Å²) in [7, 11) is 0. The Morgan fingerprint density at radius 3 is 2.54 bits per heavy atom. The van der Waals surface area contributed by atoms with E-state index in [4.69, 9.17) is 0 Å². The SMILES string of the molecule is Cc1[nH]cnc1CSCCNC(=O)CC12CC3CC(CC(C3)C1)C2. The van der Waals surface area contributed by atoms with Crippen molar-refractivity contribution in [3.8, 4) is 0 Å². The molecule has 0 aromatic carbocycles. The Kier molecular flexibility index (Phi) is 4.63. The van der Waals surface area contributed by atoms with Gasteiger partial charge < -0.3 is 10.3 Å². The van der Waals surface area contributed by atoms with E-state index in [-0.39, 0.29) is 5.91 Å². The zero-order chi connectivity index (χ0) is 16.6. The lowest BCUT2D eigenvalue weighted by atomic mass is 9.49. The van der Waals surface area contributed by atoms with Crippen LogP contribution < -0.4 is 5.32 Å². The first-order valence-corrected chi connectivity index (χ1v) is 10.6. The minimum atomic E-state index is 0.286. The molecule has 132 valence electrons. The lowest BCUT2D eigenvalue weighted by Crippen LogP contribution is -2.48. The Morgan fingerprint density at radius 2 is 1.96 bits per heavy atom. The zero-order valence-corrected chi connectivity index (χ0v) is 15.5. The molecular formula is C19H29N3OS. The van der Waals surface area contributed by atoms with E-state index in [1.54, 1.807) is 6.33 Å². The van der Waals surface area contributed by atoms with Crippen LogP contribution in [-0.4, -0.2) is 28.2 Å². The van der Waals surface area contributed by atoms with Gasteiger partial charge in [0.05, 0.1) is 12.0 Å². The summed E-state index contributed by atoms with van der Waals surface area (Å²) in [5, 5.41) is 3.16. The number of aromatic amines is 1. The number of imidazole rings is 1. The number of carbonyl (C=O) groups is 1. The molecule has 5 heteroatoms. The Labute approximate surface area is 149 Å². The molecular weight excluding hydrogens is 318 g/mol. The Balaban J connectivity index is 1.18. The van der Waals surface area contributed by atoms with Crippen molar-refractivity contribution in [1.29, 1.82) is 0 Å². The van der Waals surface area contributed by atoms with Crippen LogP contribution in [0.2, 0.25) is 0 Å². The first kappa shape index (κ1) is 16.5. The van der Waals surface area contributed by atoms with Crippen molar-refractivity contribution in [3.05, 3.63) is 17.7 Å². The third-order valence-electron chi connectivity index (χ3n) is 6.44. The summed E-state index contributed by atoms with van der Waals surface area (Å²) in [6.07, 6.45) is 10.8. The van der Waals surface area contributed by atoms with Gasteiger partial charge in [-0.15, -0.1) is 0 Å². The van der Waals surface area contributed by atoms with Gasteiger partial charge in [-0.05, 0) is 68.6 Å². The van der Waals surface area contributed by atoms with Crippen LogP contribution in [0.3, 0.4) is 0 Å². The molecule has 1 aromatic rings. The Bertz CT molecular complexity index is 562. The van der Waals surface area contributed by atoms with Crippen molar-refractivity contribution in [2.24, 2.45) is 23.2 Å². The number of thioether (sulfide) groups is 1. The van der Waals surface area contributed by atoms with Gasteiger partial charge in [0.1, 0.15) is 0 Å². The number of nitrogens with zero attached hydrogens (tertiary/aromatic N) is 1. The van der Waals surface area contributed by atoms with E-state index >= 15 is 0 Å². The number of amides is 1. The fourth-order valence-electron chi connectivity index (χ4n) is 5.87. The summed E-state index contributed by atoms with van der Waals surface area (Å²) in [5.41, 5.74) is 2.63. The van der Waals surface area contributed by atoms with Crippen LogP contribution >= 0.6 is 11.8 Å². The molecule has 1 aromatic heterocycles. The molecule has 0 aliphatic heterocycles. The van der Waals surface area contributed by atoms with Crippen LogP contribution in [0.4, 0.5) is 0 Å². The second kappa shape index (κ2) is 6.74. The lowest BCUT2D eigenvalue weighted by Gasteiger charge is -2.56. The third-order valence-corrected chi connectivity index (χ3v) is 7.41. The molecule has 1 heterocycles. The monoisotopic (exact) mass is 347 g/mol. The van der Waals surface area contributed by atoms with Gasteiger partial charge in [0.25, 0.3) is 0 Å². The van der Waals surface area contributed by atoms with E-state index in [1.165, 1.54) is 38.5 Å². The molecule has 4 nitrogen and oxygen atoms in total. The van der Waals surface area contributed by atoms with Crippen LogP contribution in [-0.2, 0) is 10.5 Å². The Morgan fingerprint density at radius 1 is 1.29 bits per heavy atom. The minimum Gasteiger partial charge on any atom is -0.355 e. The average molecular weight is 348 g/mol. The summed E-state index contributed by atoms with van der Waals surface area (Å²) in [6, 6.07) is 0. The Hall–Kier alpha value is -0.970. The number of aryl methyl sites for hydroxylation is 1. The lowest BCUT2D eigenvalue weighted by molar-refractivity contribution is -0.129. The number of carbonyl (C=O) groups excluding carboxylic acids is 1. The maximum atomic E-state index is 12.4. The van der Waals surface area contributed by atoms with Crippen molar-refractivity contribution in [1.82, 2.24) is 15.3 Å². The highest BCUT2D eigenvalue weighted by Gasteiger charge is 2.51. The molecule has 0 radical (unpaired) electrons. The first-order valence-electron chi connectivity index (χ1n) is 9.45. The molecule has 5 rings (SSSR count). The molecule has 4 aliphatic rings. The van der Waals surface area contributed by atoms with Gasteiger partial charge in [0, 0.05) is 30.2 Å². The predicted octanol–water partition coefficient (Wildman–Crippen LogP) is 3.67. The minimum absolute atomic E-state index is 0.286. The van der Waals surface area contributed by atoms with Crippen LogP contribution in [0.15, 0.2) is 6.33 Å². The van der Waals surface area contributed by atoms with E-state index < -0.39 is 0 Å². The second-order valence-corrected chi connectivity index (χ2v) is 9.58. The molecule has 4 aliphatic carbocycles. The molecule has 0 saturated heterocycles. The molecule has 4 bridgehead atoms. The molecule has 0 atom stereocenters. The summed E-state index contributed by atoms with van der Waals surface area (Å²) in [5.74, 6) is 4.94. The maximum absolute atomic E-state index is 12.4. The summed E-state index contributed by atoms with van der Waals surface area (Å²) >= 11 is 1.84. The average Bonchev–Trinajstić information content (AvgIpc) is 2.90. The van der Waals surface area contributed by atoms with Gasteiger partial charge >= 0.3 is 0 Å². The van der Waals surface area contributed by atoms with E-state index in [2.05, 4.69) is 22.2 Å². The van der Waals surface area contributed by atoms with Crippen molar-refractivity contribution in [3.63, 3.8) is 0 Å². The quantitative estimate of drug-likeness (QED) is 0.740. The fourth-order valence-corrected chi connectivity index (χ4v) is 6.75. The van der Waals surface area contributed by atoms with Gasteiger partial charge in [-0.2, -0.15) is 11.8 Å². The van der Waals surface area contributed by atoms with Gasteiger partial charge in [-0.3, -0.25) is 4.79 Å². The third kappa shape index (κ3) is 3.51. The summed E-state index contributed by atoms with van der Waals surface area (Å²) in [6.45, 7) is 2.83. The molecule has 4 saturated carbocycles. The number of nitrogens with one attached hydrogen (secondary N) is 2. The molecule has 1 amide bonds. The number of aromatic nitrogens is 2. The van der Waals surface area contributed by atoms with Gasteiger partial charge in [0.15, 0.2) is 0 Å². The molecule has 4 fully saturated rings. The topological polar surface area (TPSA) is 57.8 Å². The molecule has 0 unspecified atom stereocenters. The number of H-pyrrole nitrogens is 1. The normalized spacial score (nSPS) is 33.8. The molecule has 2 N–H and O–H groups in total. The highest BCUT2D eigenvalue weighted by Crippen LogP contribution is 2.61. The van der Waals surface area contributed by atoms with E-state index in [9.17, 15) is 4.79 Å². The van der Waals surface area contributed by atoms with Gasteiger partial charge in [-0.1, -0.05) is 0 Å². The van der Waals surface area contributed by atoms with Crippen LogP contribution in [0.5, 0.6) is 0 Å². The van der Waals surface area contributed by atoms with Gasteiger partial charge in [0.2, 0.25) is 5.91 Å².